The molecule has 1 heterocycles. The van der Waals surface area contributed by atoms with Crippen molar-refractivity contribution in [2.24, 2.45) is 5.73 Å². The highest BCUT2D eigenvalue weighted by Gasteiger charge is 2.25. The lowest BCUT2D eigenvalue weighted by Gasteiger charge is -2.19. The maximum absolute atomic E-state index is 12.4. The van der Waals surface area contributed by atoms with Crippen LogP contribution in [0.25, 0.3) is 0 Å². The van der Waals surface area contributed by atoms with Gasteiger partial charge in [-0.1, -0.05) is 6.92 Å². The molecule has 0 atom stereocenters. The molecule has 4 N–H and O–H groups in total. The number of nitrogens with one attached hydrogen (secondary N) is 2. The molecule has 1 aliphatic rings. The Morgan fingerprint density at radius 1 is 1.12 bits per heavy atom. The minimum absolute atomic E-state index is 0.0917. The monoisotopic (exact) mass is 366 g/mol. The lowest BCUT2D eigenvalue weighted by Crippen LogP contribution is -2.41. The Labute approximate surface area is 151 Å². The molecule has 1 aliphatic carbocycles. The highest BCUT2D eigenvalue weighted by atomic mass is 32.1. The van der Waals surface area contributed by atoms with Gasteiger partial charge in [0.1, 0.15) is 5.00 Å². The lowest BCUT2D eigenvalue weighted by molar-refractivity contribution is -0.123. The molecule has 0 saturated carbocycles. The number of anilines is 1. The molecule has 2 rings (SSSR count). The molecule has 0 bridgehead atoms. The third kappa shape index (κ3) is 5.02. The molecule has 7 nitrogen and oxygen atoms in total. The summed E-state index contributed by atoms with van der Waals surface area (Å²) in [6.45, 7) is 5.14. The molecule has 0 aromatic carbocycles. The summed E-state index contributed by atoms with van der Waals surface area (Å²) in [4.78, 5) is 38.8. The molecule has 0 unspecified atom stereocenters. The van der Waals surface area contributed by atoms with Crippen LogP contribution in [-0.2, 0) is 22.4 Å². The van der Waals surface area contributed by atoms with Gasteiger partial charge in [-0.2, -0.15) is 0 Å². The molecule has 0 fully saturated rings. The molecule has 0 aliphatic heterocycles. The van der Waals surface area contributed by atoms with Crippen LogP contribution in [0.4, 0.5) is 5.00 Å². The van der Waals surface area contributed by atoms with Crippen LogP contribution in [0.15, 0.2) is 0 Å². The van der Waals surface area contributed by atoms with Gasteiger partial charge in [-0.25, -0.2) is 0 Å². The summed E-state index contributed by atoms with van der Waals surface area (Å²) in [7, 11) is 0. The number of aryl methyl sites for hydroxylation is 1. The Bertz CT molecular complexity index is 657. The number of rotatable bonds is 8. The number of carbonyl (C=O) groups is 3. The van der Waals surface area contributed by atoms with Crippen molar-refractivity contribution in [1.29, 1.82) is 0 Å². The van der Waals surface area contributed by atoms with Crippen LogP contribution >= 0.6 is 11.3 Å². The van der Waals surface area contributed by atoms with Crippen molar-refractivity contribution in [2.45, 2.75) is 39.5 Å². The van der Waals surface area contributed by atoms with Crippen LogP contribution in [0.1, 0.15) is 47.5 Å². The van der Waals surface area contributed by atoms with Crippen molar-refractivity contribution < 1.29 is 14.4 Å². The van der Waals surface area contributed by atoms with Gasteiger partial charge in [0.05, 0.1) is 18.7 Å². The standard InChI is InChI=1S/C17H26N4O3S/c1-3-19-13(22)9-21(4-2)10-14(23)20-17-15(16(18)24)11-7-5-6-8-12(11)25-17/h3-10H2,1-2H3,(H2,18,24)(H,19,22)(H,20,23). The molecular weight excluding hydrogens is 340 g/mol. The molecule has 1 aromatic heterocycles. The largest absolute Gasteiger partial charge is 0.365 e. The number of likely N-dealkylation sites (N-methyl/N-ethyl adjacent to an activating group) is 2. The van der Waals surface area contributed by atoms with Gasteiger partial charge >= 0.3 is 0 Å². The first-order valence-corrected chi connectivity index (χ1v) is 9.51. The van der Waals surface area contributed by atoms with Crippen molar-refractivity contribution >= 4 is 34.1 Å². The zero-order valence-electron chi connectivity index (χ0n) is 14.8. The number of hydrogen-bond acceptors (Lipinski definition) is 5. The smallest absolute Gasteiger partial charge is 0.251 e. The zero-order chi connectivity index (χ0) is 18.4. The summed E-state index contributed by atoms with van der Waals surface area (Å²) in [6, 6.07) is 0. The molecule has 1 aromatic rings. The van der Waals surface area contributed by atoms with Crippen LogP contribution in [-0.4, -0.2) is 48.8 Å². The van der Waals surface area contributed by atoms with E-state index in [0.29, 0.717) is 23.7 Å². The van der Waals surface area contributed by atoms with Gasteiger partial charge in [0, 0.05) is 11.4 Å². The zero-order valence-corrected chi connectivity index (χ0v) is 15.6. The Morgan fingerprint density at radius 3 is 2.44 bits per heavy atom. The third-order valence-corrected chi connectivity index (χ3v) is 5.43. The van der Waals surface area contributed by atoms with Crippen molar-refractivity contribution in [3.05, 3.63) is 16.0 Å². The van der Waals surface area contributed by atoms with E-state index < -0.39 is 5.91 Å². The summed E-state index contributed by atoms with van der Waals surface area (Å²) in [5.74, 6) is -0.849. The number of fused-ring (bicyclic) bond motifs is 1. The minimum atomic E-state index is -0.496. The Hall–Kier alpha value is -1.93. The first kappa shape index (κ1) is 19.4. The minimum Gasteiger partial charge on any atom is -0.365 e. The number of carbonyl (C=O) groups excluding carboxylic acids is 3. The SMILES string of the molecule is CCNC(=O)CN(CC)CC(=O)Nc1sc2c(c1C(N)=O)CCCC2. The highest BCUT2D eigenvalue weighted by molar-refractivity contribution is 7.17. The summed E-state index contributed by atoms with van der Waals surface area (Å²) >= 11 is 1.44. The predicted molar refractivity (Wildman–Crippen MR) is 98.9 cm³/mol. The maximum atomic E-state index is 12.4. The van der Waals surface area contributed by atoms with Crippen LogP contribution in [0.3, 0.4) is 0 Å². The summed E-state index contributed by atoms with van der Waals surface area (Å²) < 4.78 is 0. The molecule has 0 saturated heterocycles. The Balaban J connectivity index is 2.06. The van der Waals surface area contributed by atoms with E-state index in [1.54, 1.807) is 4.90 Å². The van der Waals surface area contributed by atoms with Gasteiger partial charge in [0.15, 0.2) is 0 Å². The second-order valence-corrected chi connectivity index (χ2v) is 7.19. The van der Waals surface area contributed by atoms with Crippen LogP contribution < -0.4 is 16.4 Å². The fraction of sp³-hybridized carbons (Fsp3) is 0.588. The van der Waals surface area contributed by atoms with Gasteiger partial charge in [-0.3, -0.25) is 19.3 Å². The van der Waals surface area contributed by atoms with Crippen molar-refractivity contribution in [3.63, 3.8) is 0 Å². The molecule has 138 valence electrons. The molecular formula is C17H26N4O3S. The predicted octanol–water partition coefficient (Wildman–Crippen LogP) is 1.12. The lowest BCUT2D eigenvalue weighted by atomic mass is 9.95. The number of hydrogen-bond donors (Lipinski definition) is 3. The number of nitrogens with two attached hydrogens (primary N) is 1. The fourth-order valence-electron chi connectivity index (χ4n) is 3.02. The van der Waals surface area contributed by atoms with Crippen LogP contribution in [0, 0.1) is 0 Å². The Kier molecular flexibility index (Phi) is 6.95. The van der Waals surface area contributed by atoms with Gasteiger partial charge in [-0.15, -0.1) is 11.3 Å². The molecule has 0 spiro atoms. The number of nitrogens with zero attached hydrogens (tertiary/aromatic N) is 1. The summed E-state index contributed by atoms with van der Waals surface area (Å²) in [5.41, 5.74) is 6.99. The number of thiophene rings is 1. The molecule has 25 heavy (non-hydrogen) atoms. The normalized spacial score (nSPS) is 13.4. The van der Waals surface area contributed by atoms with Crippen LogP contribution in [0.2, 0.25) is 0 Å². The quantitative estimate of drug-likeness (QED) is 0.641. The second-order valence-electron chi connectivity index (χ2n) is 6.08. The molecule has 8 heteroatoms. The van der Waals surface area contributed by atoms with E-state index in [0.717, 1.165) is 36.1 Å². The van der Waals surface area contributed by atoms with E-state index in [1.165, 1.54) is 11.3 Å². The second kappa shape index (κ2) is 8.96. The third-order valence-electron chi connectivity index (χ3n) is 4.23. The van der Waals surface area contributed by atoms with E-state index in [-0.39, 0.29) is 24.9 Å². The molecule has 0 radical (unpaired) electrons. The van der Waals surface area contributed by atoms with Crippen molar-refractivity contribution in [3.8, 4) is 0 Å². The average Bonchev–Trinajstić information content (AvgIpc) is 2.92. The fourth-order valence-corrected chi connectivity index (χ4v) is 4.33. The van der Waals surface area contributed by atoms with E-state index in [1.807, 2.05) is 13.8 Å². The summed E-state index contributed by atoms with van der Waals surface area (Å²) in [6.07, 6.45) is 3.88. The van der Waals surface area contributed by atoms with Crippen molar-refractivity contribution in [1.82, 2.24) is 10.2 Å². The molecule has 3 amide bonds. The van der Waals surface area contributed by atoms with E-state index in [4.69, 9.17) is 5.73 Å². The van der Waals surface area contributed by atoms with E-state index in [2.05, 4.69) is 10.6 Å². The van der Waals surface area contributed by atoms with E-state index >= 15 is 0 Å². The van der Waals surface area contributed by atoms with Gasteiger partial charge in [0.25, 0.3) is 5.91 Å². The number of amides is 3. The first-order valence-electron chi connectivity index (χ1n) is 8.69. The van der Waals surface area contributed by atoms with Gasteiger partial charge in [-0.05, 0) is 44.7 Å². The van der Waals surface area contributed by atoms with E-state index in [9.17, 15) is 14.4 Å². The highest BCUT2D eigenvalue weighted by Crippen LogP contribution is 2.37. The first-order chi connectivity index (χ1) is 12.0. The average molecular weight is 366 g/mol. The van der Waals surface area contributed by atoms with Crippen LogP contribution in [0.5, 0.6) is 0 Å². The Morgan fingerprint density at radius 2 is 1.80 bits per heavy atom. The number of primary amides is 1. The van der Waals surface area contributed by atoms with Crippen molar-refractivity contribution in [2.75, 3.05) is 31.5 Å². The topological polar surface area (TPSA) is 105 Å². The summed E-state index contributed by atoms with van der Waals surface area (Å²) in [5, 5.41) is 6.08. The van der Waals surface area contributed by atoms with Gasteiger partial charge < -0.3 is 16.4 Å². The maximum Gasteiger partial charge on any atom is 0.251 e. The van der Waals surface area contributed by atoms with Gasteiger partial charge in [0.2, 0.25) is 11.8 Å².